The number of fused-ring (bicyclic) bond motifs is 9. The summed E-state index contributed by atoms with van der Waals surface area (Å²) in [6.07, 6.45) is 0. The van der Waals surface area contributed by atoms with Crippen molar-refractivity contribution >= 4 is 43.6 Å². The summed E-state index contributed by atoms with van der Waals surface area (Å²) in [7, 11) is 0. The maximum absolute atomic E-state index is 2.46. The lowest BCUT2D eigenvalue weighted by molar-refractivity contribution is 0.771. The van der Waals surface area contributed by atoms with Gasteiger partial charge in [-0.3, -0.25) is 0 Å². The molecule has 15 aromatic carbocycles. The molecule has 1 aliphatic rings. The summed E-state index contributed by atoms with van der Waals surface area (Å²) in [6.45, 7) is 0. The van der Waals surface area contributed by atoms with Crippen LogP contribution in [0, 0.1) is 0 Å². The molecule has 0 N–H and O–H groups in total. The van der Waals surface area contributed by atoms with Gasteiger partial charge in [-0.05, 0) is 166 Å². The van der Waals surface area contributed by atoms with Gasteiger partial charge in [0.2, 0.25) is 0 Å². The molecule has 0 atom stereocenters. The van der Waals surface area contributed by atoms with Crippen molar-refractivity contribution in [2.75, 3.05) is 0 Å². The maximum atomic E-state index is 2.46. The van der Waals surface area contributed by atoms with Gasteiger partial charge in [-0.15, -0.1) is 0 Å². The molecule has 2 aromatic heterocycles. The van der Waals surface area contributed by atoms with E-state index in [0.29, 0.717) is 0 Å². The van der Waals surface area contributed by atoms with Gasteiger partial charge in [0.15, 0.2) is 0 Å². The van der Waals surface area contributed by atoms with Crippen LogP contribution in [0.3, 0.4) is 0 Å². The Morgan fingerprint density at radius 1 is 0.183 bits per heavy atom. The van der Waals surface area contributed by atoms with Crippen molar-refractivity contribution in [3.8, 4) is 100 Å². The predicted octanol–water partition coefficient (Wildman–Crippen LogP) is 23.9. The number of para-hydroxylation sites is 3. The number of hydrogen-bond acceptors (Lipinski definition) is 0. The topological polar surface area (TPSA) is 9.86 Å². The van der Waals surface area contributed by atoms with E-state index in [1.165, 1.54) is 155 Å². The quantitative estimate of drug-likeness (QED) is 0.122. The summed E-state index contributed by atoms with van der Waals surface area (Å²) in [5.41, 5.74) is 30.8. The molecule has 2 heterocycles. The van der Waals surface area contributed by atoms with Crippen LogP contribution < -0.4 is 0 Å². The fourth-order valence-electron chi connectivity index (χ4n) is 15.3. The molecule has 0 fully saturated rings. The molecule has 0 aliphatic heterocycles. The largest absolute Gasteiger partial charge is 0.309 e. The van der Waals surface area contributed by atoms with Crippen LogP contribution in [0.4, 0.5) is 0 Å². The highest BCUT2D eigenvalue weighted by Gasteiger charge is 2.47. The van der Waals surface area contributed by atoms with Gasteiger partial charge in [0.25, 0.3) is 0 Å². The summed E-state index contributed by atoms with van der Waals surface area (Å²) < 4.78 is 4.86. The first-order valence-electron chi connectivity index (χ1n) is 32.2. The monoisotopic (exact) mass is 1180 g/mol. The van der Waals surface area contributed by atoms with Crippen LogP contribution in [-0.4, -0.2) is 9.13 Å². The van der Waals surface area contributed by atoms with Crippen molar-refractivity contribution in [2.24, 2.45) is 0 Å². The summed E-state index contributed by atoms with van der Waals surface area (Å²) in [5, 5.41) is 4.94. The average molecular weight is 1180 g/mol. The molecule has 2 heteroatoms. The zero-order chi connectivity index (χ0) is 61.4. The summed E-state index contributed by atoms with van der Waals surface area (Å²) >= 11 is 0. The Hall–Kier alpha value is -12.1. The molecule has 0 saturated heterocycles. The average Bonchev–Trinajstić information content (AvgIpc) is 1.56. The minimum absolute atomic E-state index is 0.580. The van der Waals surface area contributed by atoms with Crippen LogP contribution in [-0.2, 0) is 5.41 Å². The normalized spacial score (nSPS) is 12.4. The van der Waals surface area contributed by atoms with E-state index in [0.717, 1.165) is 11.4 Å². The highest BCUT2D eigenvalue weighted by molar-refractivity contribution is 6.13. The van der Waals surface area contributed by atoms with Gasteiger partial charge < -0.3 is 9.13 Å². The zero-order valence-corrected chi connectivity index (χ0v) is 51.0. The Morgan fingerprint density at radius 2 is 0.516 bits per heavy atom. The van der Waals surface area contributed by atoms with Gasteiger partial charge >= 0.3 is 0 Å². The van der Waals surface area contributed by atoms with E-state index in [9.17, 15) is 0 Å². The van der Waals surface area contributed by atoms with Crippen molar-refractivity contribution in [1.29, 1.82) is 0 Å². The number of rotatable bonds is 11. The standard InChI is InChI=1S/C91H60N2/c1-3-20-61(21-4-1)63-42-46-68(47-43-63)75-26-7-13-32-83(75)91(84-33-14-8-28-77(84)78-29-9-15-34-85(78)91)73-25-19-24-70(58-73)67-40-38-64(39-41-67)65-44-48-69(49-45-65)76-27-10-16-35-86(76)93-88-37-18-12-31-80(88)82-60-72(53-57-90(82)93)71-52-56-89-81(59-71)79-30-11-17-36-87(79)92(89)74-54-50-66(51-55-74)62-22-5-2-6-23-62/h1-60H. The van der Waals surface area contributed by atoms with E-state index in [2.05, 4.69) is 373 Å². The van der Waals surface area contributed by atoms with E-state index in [-0.39, 0.29) is 0 Å². The number of aromatic nitrogens is 2. The highest BCUT2D eigenvalue weighted by atomic mass is 15.0. The molecule has 0 saturated carbocycles. The minimum atomic E-state index is -0.580. The zero-order valence-electron chi connectivity index (χ0n) is 51.0. The third kappa shape index (κ3) is 8.86. The van der Waals surface area contributed by atoms with E-state index in [1.807, 2.05) is 0 Å². The Morgan fingerprint density at radius 3 is 1.05 bits per heavy atom. The molecule has 0 radical (unpaired) electrons. The summed E-state index contributed by atoms with van der Waals surface area (Å²) in [6, 6.07) is 135. The van der Waals surface area contributed by atoms with E-state index < -0.39 is 5.41 Å². The highest BCUT2D eigenvalue weighted by Crippen LogP contribution is 2.58. The lowest BCUT2D eigenvalue weighted by Gasteiger charge is -2.36. The predicted molar refractivity (Wildman–Crippen MR) is 390 cm³/mol. The Balaban J connectivity index is 0.661. The molecular formula is C91H60N2. The number of nitrogens with zero attached hydrogens (tertiary/aromatic N) is 2. The summed E-state index contributed by atoms with van der Waals surface area (Å²) in [4.78, 5) is 0. The fraction of sp³-hybridized carbons (Fsp3) is 0.0110. The molecule has 0 unspecified atom stereocenters. The van der Waals surface area contributed by atoms with Gasteiger partial charge in [0.05, 0.1) is 33.2 Å². The van der Waals surface area contributed by atoms with Crippen LogP contribution in [0.15, 0.2) is 364 Å². The van der Waals surface area contributed by atoms with Crippen molar-refractivity contribution in [3.63, 3.8) is 0 Å². The number of hydrogen-bond donors (Lipinski definition) is 0. The lowest BCUT2D eigenvalue weighted by atomic mass is 9.65. The van der Waals surface area contributed by atoms with Gasteiger partial charge in [-0.1, -0.05) is 303 Å². The third-order valence-electron chi connectivity index (χ3n) is 19.7. The molecule has 434 valence electrons. The molecule has 17 aromatic rings. The first-order chi connectivity index (χ1) is 46.1. The Labute approximate surface area is 541 Å². The first kappa shape index (κ1) is 53.9. The third-order valence-corrected chi connectivity index (χ3v) is 19.7. The SMILES string of the molecule is c1ccc(-c2ccc(-c3ccccc3C3(c4cccc(-c5ccc(-c6ccc(-c7ccccc7-n7c8ccccc8c8cc(-c9ccc%10c(c9)c9ccccc9n%10-c9ccc(-c%10ccccc%10)cc9)ccc87)cc6)cc5)c4)c4ccccc4-c4ccccc43)cc2)cc1. The van der Waals surface area contributed by atoms with Gasteiger partial charge in [0.1, 0.15) is 0 Å². The van der Waals surface area contributed by atoms with E-state index >= 15 is 0 Å². The van der Waals surface area contributed by atoms with Crippen molar-refractivity contribution in [3.05, 3.63) is 386 Å². The Kier molecular flexibility index (Phi) is 12.8. The van der Waals surface area contributed by atoms with Crippen molar-refractivity contribution in [1.82, 2.24) is 9.13 Å². The minimum Gasteiger partial charge on any atom is -0.309 e. The van der Waals surface area contributed by atoms with E-state index in [1.54, 1.807) is 0 Å². The van der Waals surface area contributed by atoms with Crippen LogP contribution in [0.2, 0.25) is 0 Å². The fourth-order valence-corrected chi connectivity index (χ4v) is 15.3. The lowest BCUT2D eigenvalue weighted by Crippen LogP contribution is -2.29. The van der Waals surface area contributed by atoms with Gasteiger partial charge in [0, 0.05) is 32.8 Å². The molecule has 93 heavy (non-hydrogen) atoms. The van der Waals surface area contributed by atoms with Crippen LogP contribution >= 0.6 is 0 Å². The second-order valence-electron chi connectivity index (χ2n) is 24.7. The number of benzene rings is 15. The smallest absolute Gasteiger partial charge is 0.0719 e. The summed E-state index contributed by atoms with van der Waals surface area (Å²) in [5.74, 6) is 0. The second-order valence-corrected chi connectivity index (χ2v) is 24.7. The molecule has 2 nitrogen and oxygen atoms in total. The van der Waals surface area contributed by atoms with E-state index in [4.69, 9.17) is 0 Å². The maximum Gasteiger partial charge on any atom is 0.0719 e. The van der Waals surface area contributed by atoms with Crippen LogP contribution in [0.25, 0.3) is 144 Å². The van der Waals surface area contributed by atoms with Gasteiger partial charge in [-0.25, -0.2) is 0 Å². The molecular weight excluding hydrogens is 1120 g/mol. The Bertz CT molecular complexity index is 5650. The molecule has 1 aliphatic carbocycles. The second kappa shape index (κ2) is 22.1. The van der Waals surface area contributed by atoms with Crippen LogP contribution in [0.1, 0.15) is 22.3 Å². The van der Waals surface area contributed by atoms with Crippen molar-refractivity contribution in [2.45, 2.75) is 5.41 Å². The molecule has 18 rings (SSSR count). The molecule has 0 spiro atoms. The van der Waals surface area contributed by atoms with Crippen molar-refractivity contribution < 1.29 is 0 Å². The van der Waals surface area contributed by atoms with Gasteiger partial charge in [-0.2, -0.15) is 0 Å². The molecule has 0 amide bonds. The van der Waals surface area contributed by atoms with Crippen LogP contribution in [0.5, 0.6) is 0 Å². The first-order valence-corrected chi connectivity index (χ1v) is 32.2. The molecule has 0 bridgehead atoms.